The lowest BCUT2D eigenvalue weighted by atomic mass is 10.1. The Kier molecular flexibility index (Phi) is 5.00. The lowest BCUT2D eigenvalue weighted by Crippen LogP contribution is -1.81. The van der Waals surface area contributed by atoms with Crippen LogP contribution >= 0.6 is 0 Å². The normalized spacial score (nSPS) is 11.2. The third kappa shape index (κ3) is 7.48. The van der Waals surface area contributed by atoms with E-state index in [2.05, 4.69) is 39.5 Å². The van der Waals surface area contributed by atoms with Gasteiger partial charge in [0.1, 0.15) is 0 Å². The summed E-state index contributed by atoms with van der Waals surface area (Å²) in [6.07, 6.45) is 6.65. The second kappa shape index (κ2) is 5.28. The zero-order chi connectivity index (χ0) is 7.98. The van der Waals surface area contributed by atoms with Crippen molar-refractivity contribution < 1.29 is 0 Å². The molecule has 0 bridgehead atoms. The first-order valence-corrected chi connectivity index (χ1v) is 3.92. The molecule has 0 saturated heterocycles. The zero-order valence-corrected chi connectivity index (χ0v) is 7.35. The number of allylic oxidation sites excluding steroid dienone is 3. The number of hydrogen-bond donors (Lipinski definition) is 0. The summed E-state index contributed by atoms with van der Waals surface area (Å²) < 4.78 is 0. The molecule has 0 nitrogen and oxygen atoms in total. The van der Waals surface area contributed by atoms with Crippen LogP contribution in [0.1, 0.15) is 33.6 Å². The third-order valence-corrected chi connectivity index (χ3v) is 1.24. The van der Waals surface area contributed by atoms with Gasteiger partial charge < -0.3 is 0 Å². The van der Waals surface area contributed by atoms with E-state index in [1.807, 2.05) is 0 Å². The maximum Gasteiger partial charge on any atom is -0.0144 e. The van der Waals surface area contributed by atoms with Crippen LogP contribution in [0.15, 0.2) is 24.3 Å². The fraction of sp³-hybridized carbons (Fsp3) is 0.600. The van der Waals surface area contributed by atoms with Crippen LogP contribution in [-0.2, 0) is 0 Å². The van der Waals surface area contributed by atoms with E-state index in [1.54, 1.807) is 0 Å². The van der Waals surface area contributed by atoms with E-state index < -0.39 is 0 Å². The first-order valence-electron chi connectivity index (χ1n) is 3.92. The molecule has 0 fully saturated rings. The van der Waals surface area contributed by atoms with Crippen LogP contribution in [0.2, 0.25) is 0 Å². The topological polar surface area (TPSA) is 0 Å². The van der Waals surface area contributed by atoms with E-state index >= 15 is 0 Å². The summed E-state index contributed by atoms with van der Waals surface area (Å²) in [6, 6.07) is 0. The summed E-state index contributed by atoms with van der Waals surface area (Å²) in [5.74, 6) is 0.779. The molecule has 0 aliphatic heterocycles. The molecule has 58 valence electrons. The third-order valence-electron chi connectivity index (χ3n) is 1.24. The molecule has 0 rings (SSSR count). The number of hydrogen-bond acceptors (Lipinski definition) is 0. The van der Waals surface area contributed by atoms with Crippen LogP contribution in [0.5, 0.6) is 0 Å². The Morgan fingerprint density at radius 3 is 2.40 bits per heavy atom. The Balaban J connectivity index is 3.29. The van der Waals surface area contributed by atoms with E-state index in [4.69, 9.17) is 0 Å². The van der Waals surface area contributed by atoms with Gasteiger partial charge in [-0.2, -0.15) is 0 Å². The van der Waals surface area contributed by atoms with Crippen molar-refractivity contribution in [2.45, 2.75) is 33.6 Å². The molecular weight excluding hydrogens is 120 g/mol. The lowest BCUT2D eigenvalue weighted by Gasteiger charge is -1.96. The second-order valence-electron chi connectivity index (χ2n) is 3.26. The highest BCUT2D eigenvalue weighted by Gasteiger charge is 1.86. The molecule has 0 aliphatic rings. The van der Waals surface area contributed by atoms with Crippen molar-refractivity contribution in [1.29, 1.82) is 0 Å². The predicted octanol–water partition coefficient (Wildman–Crippen LogP) is 3.55. The van der Waals surface area contributed by atoms with Crippen LogP contribution in [-0.4, -0.2) is 0 Å². The van der Waals surface area contributed by atoms with Gasteiger partial charge in [-0.25, -0.2) is 0 Å². The molecule has 0 saturated carbocycles. The summed E-state index contributed by atoms with van der Waals surface area (Å²) in [7, 11) is 0. The summed E-state index contributed by atoms with van der Waals surface area (Å²) >= 11 is 0. The molecule has 10 heavy (non-hydrogen) atoms. The fourth-order valence-electron chi connectivity index (χ4n) is 0.653. The maximum absolute atomic E-state index is 3.82. The molecule has 0 heteroatoms. The van der Waals surface area contributed by atoms with Gasteiger partial charge in [-0.3, -0.25) is 0 Å². The molecule has 0 heterocycles. The maximum atomic E-state index is 3.82. The molecule has 0 unspecified atom stereocenters. The predicted molar refractivity (Wildman–Crippen MR) is 48.0 cm³/mol. The van der Waals surface area contributed by atoms with Crippen LogP contribution in [0, 0.1) is 5.92 Å². The van der Waals surface area contributed by atoms with Crippen LogP contribution in [0.25, 0.3) is 0 Å². The first kappa shape index (κ1) is 9.48. The van der Waals surface area contributed by atoms with Gasteiger partial charge in [0.15, 0.2) is 0 Å². The standard InChI is InChI=1S/C10H18/c1-9(2)7-5-6-8-10(3)4/h5-6,10H,1,7-8H2,2-4H3/b6-5+. The minimum atomic E-state index is 0.779. The lowest BCUT2D eigenvalue weighted by molar-refractivity contribution is 0.663. The van der Waals surface area contributed by atoms with E-state index in [0.717, 1.165) is 12.3 Å². The van der Waals surface area contributed by atoms with Crippen molar-refractivity contribution in [2.24, 2.45) is 5.92 Å². The Labute approximate surface area is 64.6 Å². The summed E-state index contributed by atoms with van der Waals surface area (Å²) in [6.45, 7) is 10.3. The van der Waals surface area contributed by atoms with Gasteiger partial charge in [-0.05, 0) is 25.7 Å². The van der Waals surface area contributed by atoms with Crippen molar-refractivity contribution in [3.63, 3.8) is 0 Å². The monoisotopic (exact) mass is 138 g/mol. The fourth-order valence-corrected chi connectivity index (χ4v) is 0.653. The molecule has 0 aromatic rings. The molecular formula is C10H18. The molecule has 0 aromatic heterocycles. The van der Waals surface area contributed by atoms with Crippen LogP contribution in [0.3, 0.4) is 0 Å². The van der Waals surface area contributed by atoms with Gasteiger partial charge in [0.05, 0.1) is 0 Å². The quantitative estimate of drug-likeness (QED) is 0.521. The van der Waals surface area contributed by atoms with Gasteiger partial charge in [0, 0.05) is 0 Å². The van der Waals surface area contributed by atoms with Gasteiger partial charge in [0.25, 0.3) is 0 Å². The minimum Gasteiger partial charge on any atom is -0.0998 e. The van der Waals surface area contributed by atoms with Crippen molar-refractivity contribution in [1.82, 2.24) is 0 Å². The van der Waals surface area contributed by atoms with Crippen LogP contribution < -0.4 is 0 Å². The van der Waals surface area contributed by atoms with Crippen LogP contribution in [0.4, 0.5) is 0 Å². The Morgan fingerprint density at radius 2 is 2.00 bits per heavy atom. The average Bonchev–Trinajstić information content (AvgIpc) is 1.79. The summed E-state index contributed by atoms with van der Waals surface area (Å²) in [4.78, 5) is 0. The molecule has 0 amide bonds. The van der Waals surface area contributed by atoms with E-state index in [1.165, 1.54) is 12.0 Å². The molecule has 0 radical (unpaired) electrons. The molecule has 0 aromatic carbocycles. The average molecular weight is 138 g/mol. The summed E-state index contributed by atoms with van der Waals surface area (Å²) in [5, 5.41) is 0. The van der Waals surface area contributed by atoms with Crippen molar-refractivity contribution in [3.8, 4) is 0 Å². The van der Waals surface area contributed by atoms with E-state index in [0.29, 0.717) is 0 Å². The highest BCUT2D eigenvalue weighted by Crippen LogP contribution is 2.02. The molecule has 0 atom stereocenters. The smallest absolute Gasteiger partial charge is 0.0144 e. The van der Waals surface area contributed by atoms with Crippen molar-refractivity contribution in [2.75, 3.05) is 0 Å². The Bertz CT molecular complexity index is 118. The Hall–Kier alpha value is -0.520. The minimum absolute atomic E-state index is 0.779. The number of rotatable bonds is 4. The molecule has 0 N–H and O–H groups in total. The second-order valence-corrected chi connectivity index (χ2v) is 3.26. The SMILES string of the molecule is C=C(C)C/C=C/CC(C)C. The zero-order valence-electron chi connectivity index (χ0n) is 7.35. The van der Waals surface area contributed by atoms with Gasteiger partial charge in [0.2, 0.25) is 0 Å². The van der Waals surface area contributed by atoms with Gasteiger partial charge in [-0.15, -0.1) is 0 Å². The van der Waals surface area contributed by atoms with E-state index in [-0.39, 0.29) is 0 Å². The molecule has 0 spiro atoms. The largest absolute Gasteiger partial charge is 0.0998 e. The van der Waals surface area contributed by atoms with Gasteiger partial charge in [-0.1, -0.05) is 38.2 Å². The molecule has 0 aliphatic carbocycles. The van der Waals surface area contributed by atoms with Crippen molar-refractivity contribution in [3.05, 3.63) is 24.3 Å². The Morgan fingerprint density at radius 1 is 1.40 bits per heavy atom. The van der Waals surface area contributed by atoms with E-state index in [9.17, 15) is 0 Å². The summed E-state index contributed by atoms with van der Waals surface area (Å²) in [5.41, 5.74) is 1.24. The first-order chi connectivity index (χ1) is 4.63. The van der Waals surface area contributed by atoms with Crippen molar-refractivity contribution >= 4 is 0 Å². The van der Waals surface area contributed by atoms with Gasteiger partial charge >= 0.3 is 0 Å². The highest BCUT2D eigenvalue weighted by atomic mass is 13.9. The highest BCUT2D eigenvalue weighted by molar-refractivity contribution is 4.98.